The number of piperidine rings is 2. The number of carbonyl (C=O) groups is 2. The minimum atomic E-state index is -0.426. The summed E-state index contributed by atoms with van der Waals surface area (Å²) in [6.45, 7) is 5.83. The van der Waals surface area contributed by atoms with Crippen molar-refractivity contribution in [2.45, 2.75) is 57.5 Å². The van der Waals surface area contributed by atoms with Crippen LogP contribution in [0.1, 0.15) is 57.1 Å². The first-order valence-electron chi connectivity index (χ1n) is 13.2. The zero-order valence-corrected chi connectivity index (χ0v) is 22.8. The Kier molecular flexibility index (Phi) is 7.90. The summed E-state index contributed by atoms with van der Waals surface area (Å²) >= 11 is 1.50. The number of hydrogen-bond donors (Lipinski definition) is 0. The molecule has 1 aromatic rings. The number of nitrogens with zero attached hydrogens (tertiary/aromatic N) is 4. The highest BCUT2D eigenvalue weighted by molar-refractivity contribution is 8.16. The minimum Gasteiger partial charge on any atom is -0.497 e. The number of esters is 1. The maximum absolute atomic E-state index is 13.4. The molecule has 4 aliphatic rings. The number of ether oxygens (including phenoxy) is 2. The third-order valence-corrected chi connectivity index (χ3v) is 8.78. The highest BCUT2D eigenvalue weighted by Gasteiger charge is 2.41. The number of fused-ring (bicyclic) bond motifs is 1. The fourth-order valence-electron chi connectivity index (χ4n) is 5.87. The van der Waals surface area contributed by atoms with Crippen molar-refractivity contribution in [2.24, 2.45) is 4.99 Å². The molecule has 198 valence electrons. The summed E-state index contributed by atoms with van der Waals surface area (Å²) in [6.07, 6.45) is 6.29. The van der Waals surface area contributed by atoms with Crippen LogP contribution in [-0.2, 0) is 14.3 Å². The van der Waals surface area contributed by atoms with Gasteiger partial charge in [-0.25, -0.2) is 9.79 Å². The first-order valence-corrected chi connectivity index (χ1v) is 14.1. The average molecular weight is 525 g/mol. The molecule has 2 saturated heterocycles. The van der Waals surface area contributed by atoms with Crippen LogP contribution >= 0.6 is 11.8 Å². The Labute approximate surface area is 223 Å². The molecule has 0 aromatic heterocycles. The molecular weight excluding hydrogens is 488 g/mol. The number of aliphatic imine (C=N–C) groups is 1. The number of thioether (sulfide) groups is 1. The molecule has 4 aliphatic heterocycles. The molecule has 0 radical (unpaired) electrons. The molecule has 37 heavy (non-hydrogen) atoms. The molecule has 8 nitrogen and oxygen atoms in total. The Morgan fingerprint density at radius 2 is 1.73 bits per heavy atom. The normalized spacial score (nSPS) is 22.9. The first kappa shape index (κ1) is 25.9. The van der Waals surface area contributed by atoms with Crippen molar-refractivity contribution >= 4 is 28.8 Å². The van der Waals surface area contributed by atoms with Gasteiger partial charge in [-0.15, -0.1) is 0 Å². The molecule has 1 aromatic carbocycles. The van der Waals surface area contributed by atoms with Crippen molar-refractivity contribution in [3.8, 4) is 5.75 Å². The lowest BCUT2D eigenvalue weighted by Crippen LogP contribution is -2.48. The van der Waals surface area contributed by atoms with Gasteiger partial charge in [0.25, 0.3) is 0 Å². The second-order valence-corrected chi connectivity index (χ2v) is 10.9. The summed E-state index contributed by atoms with van der Waals surface area (Å²) in [5.74, 6) is 0.455. The monoisotopic (exact) mass is 524 g/mol. The van der Waals surface area contributed by atoms with Crippen LogP contribution in [0.15, 0.2) is 51.6 Å². The number of carbonyl (C=O) groups excluding carboxylic acids is 2. The van der Waals surface area contributed by atoms with Gasteiger partial charge in [0.15, 0.2) is 5.17 Å². The van der Waals surface area contributed by atoms with Crippen molar-refractivity contribution in [3.05, 3.63) is 52.2 Å². The van der Waals surface area contributed by atoms with E-state index >= 15 is 0 Å². The van der Waals surface area contributed by atoms with E-state index in [0.29, 0.717) is 17.3 Å². The third-order valence-electron chi connectivity index (χ3n) is 7.89. The number of amides is 1. The Hall–Kier alpha value is -2.78. The SMILES string of the molecule is COC(=O)C1=C(C)N=C2SC=C(CC(=O)N3CCC(N4CCCCC4)CC3)N2C1c1ccc(OC)cc1. The molecule has 0 aliphatic carbocycles. The topological polar surface area (TPSA) is 74.7 Å². The van der Waals surface area contributed by atoms with E-state index < -0.39 is 12.0 Å². The van der Waals surface area contributed by atoms with Crippen LogP contribution in [-0.4, -0.2) is 78.2 Å². The molecule has 0 bridgehead atoms. The van der Waals surface area contributed by atoms with Crippen LogP contribution in [0, 0.1) is 0 Å². The van der Waals surface area contributed by atoms with Crippen molar-refractivity contribution in [3.63, 3.8) is 0 Å². The molecule has 0 spiro atoms. The fourth-order valence-corrected chi connectivity index (χ4v) is 6.84. The van der Waals surface area contributed by atoms with Crippen molar-refractivity contribution < 1.29 is 19.1 Å². The second kappa shape index (κ2) is 11.3. The number of rotatable bonds is 6. The van der Waals surface area contributed by atoms with Gasteiger partial charge >= 0.3 is 5.97 Å². The number of hydrogen-bond acceptors (Lipinski definition) is 8. The Bertz CT molecular complexity index is 1120. The largest absolute Gasteiger partial charge is 0.497 e. The fraction of sp³-hybridized carbons (Fsp3) is 0.536. The van der Waals surface area contributed by atoms with Crippen LogP contribution in [0.5, 0.6) is 5.75 Å². The maximum Gasteiger partial charge on any atom is 0.338 e. The summed E-state index contributed by atoms with van der Waals surface area (Å²) < 4.78 is 10.5. The van der Waals surface area contributed by atoms with E-state index in [9.17, 15) is 9.59 Å². The molecule has 0 saturated carbocycles. The van der Waals surface area contributed by atoms with E-state index in [4.69, 9.17) is 14.5 Å². The molecule has 0 N–H and O–H groups in total. The quantitative estimate of drug-likeness (QED) is 0.514. The van der Waals surface area contributed by atoms with E-state index in [-0.39, 0.29) is 12.3 Å². The van der Waals surface area contributed by atoms with E-state index in [1.165, 1.54) is 51.2 Å². The van der Waals surface area contributed by atoms with Crippen molar-refractivity contribution in [2.75, 3.05) is 40.4 Å². The third kappa shape index (κ3) is 5.29. The average Bonchev–Trinajstić information content (AvgIpc) is 3.34. The van der Waals surface area contributed by atoms with E-state index in [1.54, 1.807) is 7.11 Å². The van der Waals surface area contributed by atoms with Gasteiger partial charge in [-0.1, -0.05) is 30.3 Å². The zero-order valence-electron chi connectivity index (χ0n) is 21.9. The molecule has 1 atom stereocenters. The van der Waals surface area contributed by atoms with Crippen LogP contribution in [0.25, 0.3) is 0 Å². The Morgan fingerprint density at radius 3 is 2.38 bits per heavy atom. The van der Waals surface area contributed by atoms with Gasteiger partial charge in [-0.05, 0) is 68.8 Å². The summed E-state index contributed by atoms with van der Waals surface area (Å²) in [5.41, 5.74) is 2.89. The highest BCUT2D eigenvalue weighted by Crippen LogP contribution is 2.45. The van der Waals surface area contributed by atoms with Gasteiger partial charge in [0.1, 0.15) is 5.75 Å². The predicted molar refractivity (Wildman–Crippen MR) is 145 cm³/mol. The van der Waals surface area contributed by atoms with Gasteiger partial charge < -0.3 is 24.2 Å². The van der Waals surface area contributed by atoms with Crippen LogP contribution in [0.4, 0.5) is 0 Å². The summed E-state index contributed by atoms with van der Waals surface area (Å²) in [5, 5.41) is 2.78. The van der Waals surface area contributed by atoms with Gasteiger partial charge in [0.05, 0.1) is 38.0 Å². The van der Waals surface area contributed by atoms with Crippen LogP contribution in [0.2, 0.25) is 0 Å². The number of likely N-dealkylation sites (tertiary alicyclic amines) is 2. The van der Waals surface area contributed by atoms with Gasteiger partial charge in [0, 0.05) is 24.8 Å². The lowest BCUT2D eigenvalue weighted by molar-refractivity contribution is -0.136. The highest BCUT2D eigenvalue weighted by atomic mass is 32.2. The van der Waals surface area contributed by atoms with Gasteiger partial charge in [-0.2, -0.15) is 0 Å². The summed E-state index contributed by atoms with van der Waals surface area (Å²) in [4.78, 5) is 37.7. The maximum atomic E-state index is 13.4. The van der Waals surface area contributed by atoms with Gasteiger partial charge in [0.2, 0.25) is 5.91 Å². The molecule has 2 fully saturated rings. The lowest BCUT2D eigenvalue weighted by atomic mass is 9.93. The summed E-state index contributed by atoms with van der Waals surface area (Å²) in [6, 6.07) is 7.85. The minimum absolute atomic E-state index is 0.129. The van der Waals surface area contributed by atoms with E-state index in [1.807, 2.05) is 46.4 Å². The Balaban J connectivity index is 1.33. The predicted octanol–water partition coefficient (Wildman–Crippen LogP) is 4.31. The summed E-state index contributed by atoms with van der Waals surface area (Å²) in [7, 11) is 3.02. The van der Waals surface area contributed by atoms with Crippen LogP contribution in [0.3, 0.4) is 0 Å². The number of benzene rings is 1. The van der Waals surface area contributed by atoms with E-state index in [2.05, 4.69) is 4.90 Å². The second-order valence-electron chi connectivity index (χ2n) is 10.0. The first-order chi connectivity index (χ1) is 18.0. The van der Waals surface area contributed by atoms with E-state index in [0.717, 1.165) is 48.1 Å². The number of amidine groups is 1. The molecule has 5 rings (SSSR count). The molecule has 9 heteroatoms. The van der Waals surface area contributed by atoms with Crippen molar-refractivity contribution in [1.29, 1.82) is 0 Å². The van der Waals surface area contributed by atoms with Gasteiger partial charge in [-0.3, -0.25) is 4.79 Å². The van der Waals surface area contributed by atoms with Crippen molar-refractivity contribution in [1.82, 2.24) is 14.7 Å². The zero-order chi connectivity index (χ0) is 25.9. The van der Waals surface area contributed by atoms with Crippen LogP contribution < -0.4 is 4.74 Å². The standard InChI is InChI=1S/C28H36N4O4S/c1-19-25(27(34)36-3)26(20-7-9-23(35-2)10-8-20)32-22(18-37-28(32)29-19)17-24(33)31-15-11-21(12-16-31)30-13-5-4-6-14-30/h7-10,18,21,26H,4-6,11-17H2,1-3H3. The molecular formula is C28H36N4O4S. The number of methoxy groups -OCH3 is 2. The molecule has 1 unspecified atom stereocenters. The smallest absolute Gasteiger partial charge is 0.338 e. The number of allylic oxidation sites excluding steroid dienone is 1. The molecule has 1 amide bonds. The molecule has 4 heterocycles. The lowest BCUT2D eigenvalue weighted by Gasteiger charge is -2.40. The Morgan fingerprint density at radius 1 is 1.03 bits per heavy atom.